The highest BCUT2D eigenvalue weighted by Crippen LogP contribution is 2.36. The first kappa shape index (κ1) is 21.6. The molecule has 0 amide bonds. The molecule has 0 saturated heterocycles. The lowest BCUT2D eigenvalue weighted by Crippen LogP contribution is -2.17. The summed E-state index contributed by atoms with van der Waals surface area (Å²) in [6.07, 6.45) is -3.82. The molecule has 3 aromatic carbocycles. The van der Waals surface area contributed by atoms with Crippen LogP contribution in [0.15, 0.2) is 54.6 Å². The molecule has 7 heteroatoms. The van der Waals surface area contributed by atoms with E-state index in [2.05, 4.69) is 4.74 Å². The maximum Gasteiger partial charge on any atom is 0.573 e. The molecule has 2 nitrogen and oxygen atoms in total. The number of phenols is 1. The van der Waals surface area contributed by atoms with Crippen LogP contribution in [0.3, 0.4) is 0 Å². The highest BCUT2D eigenvalue weighted by atomic mass is 19.4. The number of phenolic OH excluding ortho intramolecular Hbond substituents is 1. The summed E-state index contributed by atoms with van der Waals surface area (Å²) < 4.78 is 69.9. The molecule has 0 bridgehead atoms. The number of alkyl halides is 3. The van der Waals surface area contributed by atoms with Gasteiger partial charge in [0.05, 0.1) is 5.56 Å². The first-order chi connectivity index (χ1) is 14.2. The number of hydrogen-bond donors (Lipinski definition) is 1. The standard InChI is InChI=1S/C23H19F5O2/c1-2-14-3-8-16(9-4-14)21-20(29)13-19(24)18(22(21)25)12-7-15-5-10-17(11-6-15)30-23(26,27)28/h3-6,8-11,13,29H,2,7,12H2,1H3. The lowest BCUT2D eigenvalue weighted by atomic mass is 9.96. The molecular weight excluding hydrogens is 403 g/mol. The van der Waals surface area contributed by atoms with Crippen molar-refractivity contribution in [1.29, 1.82) is 0 Å². The minimum Gasteiger partial charge on any atom is -0.507 e. The van der Waals surface area contributed by atoms with Crippen molar-refractivity contribution in [2.24, 2.45) is 0 Å². The van der Waals surface area contributed by atoms with Gasteiger partial charge < -0.3 is 9.84 Å². The summed E-state index contributed by atoms with van der Waals surface area (Å²) in [5.41, 5.74) is 1.78. The Morgan fingerprint density at radius 1 is 0.867 bits per heavy atom. The number of aromatic hydroxyl groups is 1. The van der Waals surface area contributed by atoms with E-state index < -0.39 is 23.7 Å². The molecule has 1 N–H and O–H groups in total. The van der Waals surface area contributed by atoms with Crippen LogP contribution in [0.2, 0.25) is 0 Å². The van der Waals surface area contributed by atoms with Crippen molar-refractivity contribution in [2.75, 3.05) is 0 Å². The Morgan fingerprint density at radius 2 is 1.47 bits per heavy atom. The molecular formula is C23H19F5O2. The molecule has 0 radical (unpaired) electrons. The molecule has 30 heavy (non-hydrogen) atoms. The van der Waals surface area contributed by atoms with Gasteiger partial charge in [0, 0.05) is 11.6 Å². The van der Waals surface area contributed by atoms with E-state index in [9.17, 15) is 22.7 Å². The van der Waals surface area contributed by atoms with Crippen LogP contribution in [0, 0.1) is 11.6 Å². The number of aryl methyl sites for hydroxylation is 2. The second-order valence-electron chi connectivity index (χ2n) is 6.79. The fourth-order valence-electron chi connectivity index (χ4n) is 3.19. The van der Waals surface area contributed by atoms with Crippen LogP contribution >= 0.6 is 0 Å². The van der Waals surface area contributed by atoms with Crippen LogP contribution in [0.25, 0.3) is 11.1 Å². The van der Waals surface area contributed by atoms with E-state index in [1.165, 1.54) is 12.1 Å². The minimum atomic E-state index is -4.79. The van der Waals surface area contributed by atoms with Gasteiger partial charge in [-0.1, -0.05) is 43.3 Å². The van der Waals surface area contributed by atoms with Gasteiger partial charge in [0.15, 0.2) is 0 Å². The van der Waals surface area contributed by atoms with Gasteiger partial charge in [-0.05, 0) is 48.1 Å². The molecule has 0 spiro atoms. The van der Waals surface area contributed by atoms with Crippen molar-refractivity contribution in [3.8, 4) is 22.6 Å². The molecule has 0 aliphatic carbocycles. The Morgan fingerprint density at radius 3 is 2.03 bits per heavy atom. The molecule has 0 aliphatic heterocycles. The van der Waals surface area contributed by atoms with E-state index >= 15 is 4.39 Å². The summed E-state index contributed by atoms with van der Waals surface area (Å²) in [4.78, 5) is 0. The number of rotatable bonds is 6. The van der Waals surface area contributed by atoms with Gasteiger partial charge in [-0.3, -0.25) is 0 Å². The lowest BCUT2D eigenvalue weighted by Gasteiger charge is -2.13. The van der Waals surface area contributed by atoms with Crippen molar-refractivity contribution in [3.63, 3.8) is 0 Å². The molecule has 3 aromatic rings. The highest BCUT2D eigenvalue weighted by Gasteiger charge is 2.31. The summed E-state index contributed by atoms with van der Waals surface area (Å²) in [5, 5.41) is 10.1. The second-order valence-corrected chi connectivity index (χ2v) is 6.79. The summed E-state index contributed by atoms with van der Waals surface area (Å²) in [5.74, 6) is -2.59. The van der Waals surface area contributed by atoms with Gasteiger partial charge in [-0.25, -0.2) is 8.78 Å². The van der Waals surface area contributed by atoms with Crippen molar-refractivity contribution in [2.45, 2.75) is 32.5 Å². The average molecular weight is 422 g/mol. The second kappa shape index (κ2) is 8.73. The largest absolute Gasteiger partial charge is 0.573 e. The van der Waals surface area contributed by atoms with Crippen LogP contribution < -0.4 is 4.74 Å². The van der Waals surface area contributed by atoms with Gasteiger partial charge in [0.2, 0.25) is 0 Å². The van der Waals surface area contributed by atoms with Crippen LogP contribution in [0.1, 0.15) is 23.6 Å². The van der Waals surface area contributed by atoms with Crippen molar-refractivity contribution < 1.29 is 31.8 Å². The first-order valence-electron chi connectivity index (χ1n) is 9.31. The summed E-state index contributed by atoms with van der Waals surface area (Å²) in [6.45, 7) is 1.98. The lowest BCUT2D eigenvalue weighted by molar-refractivity contribution is -0.274. The number of halogens is 5. The third-order valence-electron chi connectivity index (χ3n) is 4.76. The Labute approximate surface area is 170 Å². The minimum absolute atomic E-state index is 0.0303. The molecule has 0 aromatic heterocycles. The van der Waals surface area contributed by atoms with Crippen LogP contribution in [0.5, 0.6) is 11.5 Å². The maximum atomic E-state index is 15.1. The fourth-order valence-corrected chi connectivity index (χ4v) is 3.19. The number of ether oxygens (including phenoxy) is 1. The van der Waals surface area contributed by atoms with Gasteiger partial charge in [0.25, 0.3) is 0 Å². The summed E-state index contributed by atoms with van der Waals surface area (Å²) in [6, 6.07) is 12.9. The van der Waals surface area contributed by atoms with E-state index in [4.69, 9.17) is 0 Å². The normalized spacial score (nSPS) is 11.5. The summed E-state index contributed by atoms with van der Waals surface area (Å²) >= 11 is 0. The fraction of sp³-hybridized carbons (Fsp3) is 0.217. The maximum absolute atomic E-state index is 15.1. The van der Waals surface area contributed by atoms with Crippen molar-refractivity contribution in [1.82, 2.24) is 0 Å². The SMILES string of the molecule is CCc1ccc(-c2c(O)cc(F)c(CCc3ccc(OC(F)(F)F)cc3)c2F)cc1. The van der Waals surface area contributed by atoms with Gasteiger partial charge in [0.1, 0.15) is 23.1 Å². The molecule has 158 valence electrons. The van der Waals surface area contributed by atoms with Crippen LogP contribution in [-0.2, 0) is 19.3 Å². The first-order valence-corrected chi connectivity index (χ1v) is 9.31. The van der Waals surface area contributed by atoms with E-state index in [1.54, 1.807) is 12.1 Å². The van der Waals surface area contributed by atoms with E-state index in [1.807, 2.05) is 19.1 Å². The van der Waals surface area contributed by atoms with E-state index in [-0.39, 0.29) is 29.7 Å². The van der Waals surface area contributed by atoms with E-state index in [0.717, 1.165) is 30.2 Å². The van der Waals surface area contributed by atoms with Gasteiger partial charge in [-0.15, -0.1) is 13.2 Å². The number of benzene rings is 3. The molecule has 3 rings (SSSR count). The predicted molar refractivity (Wildman–Crippen MR) is 103 cm³/mol. The Balaban J connectivity index is 1.82. The van der Waals surface area contributed by atoms with E-state index in [0.29, 0.717) is 11.1 Å². The molecule has 0 heterocycles. The summed E-state index contributed by atoms with van der Waals surface area (Å²) in [7, 11) is 0. The topological polar surface area (TPSA) is 29.5 Å². The van der Waals surface area contributed by atoms with Crippen molar-refractivity contribution in [3.05, 3.63) is 82.9 Å². The van der Waals surface area contributed by atoms with Crippen molar-refractivity contribution >= 4 is 0 Å². The molecule has 0 fully saturated rings. The highest BCUT2D eigenvalue weighted by molar-refractivity contribution is 5.72. The van der Waals surface area contributed by atoms with Crippen LogP contribution in [0.4, 0.5) is 22.0 Å². The molecule has 0 unspecified atom stereocenters. The Kier molecular flexibility index (Phi) is 6.29. The third-order valence-corrected chi connectivity index (χ3v) is 4.76. The smallest absolute Gasteiger partial charge is 0.507 e. The molecule has 0 atom stereocenters. The molecule has 0 saturated carbocycles. The Bertz CT molecular complexity index is 1010. The molecule has 0 aliphatic rings. The zero-order chi connectivity index (χ0) is 21.9. The van der Waals surface area contributed by atoms with Gasteiger partial charge >= 0.3 is 6.36 Å². The van der Waals surface area contributed by atoms with Crippen LogP contribution in [-0.4, -0.2) is 11.5 Å². The zero-order valence-electron chi connectivity index (χ0n) is 16.1. The number of hydrogen-bond acceptors (Lipinski definition) is 2. The monoisotopic (exact) mass is 422 g/mol. The quantitative estimate of drug-likeness (QED) is 0.455. The Hall–Kier alpha value is -3.09. The average Bonchev–Trinajstić information content (AvgIpc) is 2.68. The predicted octanol–water partition coefficient (Wildman–Crippen LogP) is 6.58. The third kappa shape index (κ3) is 5.09. The van der Waals surface area contributed by atoms with Gasteiger partial charge in [-0.2, -0.15) is 0 Å². The zero-order valence-corrected chi connectivity index (χ0v) is 16.1.